The molecule has 2 saturated carbocycles. The highest BCUT2D eigenvalue weighted by atomic mass is 79.9. The first kappa shape index (κ1) is 33.2. The zero-order valence-electron chi connectivity index (χ0n) is 27.7. The third-order valence-electron chi connectivity index (χ3n) is 10.5. The number of halogens is 1. The van der Waals surface area contributed by atoms with Crippen LogP contribution in [0.3, 0.4) is 0 Å². The van der Waals surface area contributed by atoms with Gasteiger partial charge in [0.25, 0.3) is 0 Å². The molecule has 0 N–H and O–H groups in total. The van der Waals surface area contributed by atoms with Gasteiger partial charge in [-0.15, -0.1) is 0 Å². The second-order valence-electron chi connectivity index (χ2n) is 15.0. The molecular weight excluding hydrogens is 620 g/mol. The second kappa shape index (κ2) is 12.2. The highest BCUT2D eigenvalue weighted by molar-refractivity contribution is 9.10. The maximum Gasteiger partial charge on any atom is 0.338 e. The maximum atomic E-state index is 13.2. The van der Waals surface area contributed by atoms with Crippen LogP contribution in [-0.2, 0) is 23.7 Å². The first-order chi connectivity index (χ1) is 20.6. The number of hydrogen-bond donors (Lipinski definition) is 0. The molecule has 5 rings (SSSR count). The molecule has 0 radical (unpaired) electrons. The van der Waals surface area contributed by atoms with Crippen LogP contribution in [0.1, 0.15) is 85.5 Å². The van der Waals surface area contributed by atoms with Crippen molar-refractivity contribution in [2.45, 2.75) is 105 Å². The van der Waals surface area contributed by atoms with E-state index in [-0.39, 0.29) is 35.8 Å². The Morgan fingerprint density at radius 1 is 1.11 bits per heavy atom. The number of epoxide rings is 2. The van der Waals surface area contributed by atoms with Crippen LogP contribution in [0.25, 0.3) is 0 Å². The quantitative estimate of drug-likeness (QED) is 0.114. The molecule has 240 valence electrons. The van der Waals surface area contributed by atoms with E-state index in [2.05, 4.69) is 67.9 Å². The Bertz CT molecular complexity index is 1350. The van der Waals surface area contributed by atoms with Gasteiger partial charge in [0, 0.05) is 16.3 Å². The summed E-state index contributed by atoms with van der Waals surface area (Å²) in [7, 11) is 0. The molecule has 0 bridgehead atoms. The summed E-state index contributed by atoms with van der Waals surface area (Å²) >= 11 is 3.42. The summed E-state index contributed by atoms with van der Waals surface area (Å²) in [6.07, 6.45) is 11.0. The number of ether oxygens (including phenoxy) is 4. The van der Waals surface area contributed by atoms with Gasteiger partial charge in [-0.2, -0.15) is 0 Å². The molecule has 0 spiro atoms. The standard InChI is InChI=1S/C37H49BrO6/c1-10-21(2)30-26(27-18-29-36(8,43-29)19-28(27)32-37(30,9)44-32)13-11-12-22(3)31(23(4)20-41-34(40)35(5,6)7)42-33(39)24-14-16-25(38)17-15-24/h10-17,23,26-32H,18-20H2,1-9H3/b13-11+,21-10+,22-12+/t23-,26-,27-,28+,29-,30-,31+,32-,36+,37+/m0/s1. The van der Waals surface area contributed by atoms with E-state index in [1.54, 1.807) is 12.1 Å². The van der Waals surface area contributed by atoms with Crippen molar-refractivity contribution in [1.29, 1.82) is 0 Å². The molecule has 0 aromatic heterocycles. The lowest BCUT2D eigenvalue weighted by molar-refractivity contribution is -0.155. The van der Waals surface area contributed by atoms with Crippen molar-refractivity contribution in [2.24, 2.45) is 35.0 Å². The molecule has 7 heteroatoms. The van der Waals surface area contributed by atoms with Crippen LogP contribution in [0.2, 0.25) is 0 Å². The van der Waals surface area contributed by atoms with Gasteiger partial charge in [0.05, 0.1) is 41.0 Å². The lowest BCUT2D eigenvalue weighted by Gasteiger charge is -2.45. The predicted octanol–water partition coefficient (Wildman–Crippen LogP) is 8.26. The van der Waals surface area contributed by atoms with Gasteiger partial charge < -0.3 is 18.9 Å². The monoisotopic (exact) mass is 668 g/mol. The van der Waals surface area contributed by atoms with Crippen molar-refractivity contribution < 1.29 is 28.5 Å². The third-order valence-corrected chi connectivity index (χ3v) is 11.0. The zero-order valence-corrected chi connectivity index (χ0v) is 29.3. The van der Waals surface area contributed by atoms with Crippen molar-refractivity contribution in [3.05, 3.63) is 69.8 Å². The molecule has 6 nitrogen and oxygen atoms in total. The first-order valence-electron chi connectivity index (χ1n) is 16.1. The molecule has 0 amide bonds. The molecule has 4 aliphatic rings. The molecule has 1 aromatic rings. The van der Waals surface area contributed by atoms with E-state index in [0.29, 0.717) is 35.3 Å². The summed E-state index contributed by atoms with van der Waals surface area (Å²) in [5.41, 5.74) is 1.98. The SMILES string of the molecule is C/C=C(\C)[C@H]1[C@@H](/C=C/C=C(\C)[C@@H](OC(=O)c2ccc(Br)cc2)[C@@H](C)COC(=O)C(C)(C)C)[C@@H]2C[C@@H]3O[C@]3(C)C[C@H]2[C@@H]2O[C@@]21C. The van der Waals surface area contributed by atoms with E-state index in [1.165, 1.54) is 5.57 Å². The van der Waals surface area contributed by atoms with Crippen LogP contribution in [0.5, 0.6) is 0 Å². The number of esters is 2. The molecule has 1 aromatic carbocycles. The van der Waals surface area contributed by atoms with Gasteiger partial charge in [-0.25, -0.2) is 4.79 Å². The molecule has 2 heterocycles. The van der Waals surface area contributed by atoms with Crippen LogP contribution in [0, 0.1) is 35.0 Å². The Kier molecular flexibility index (Phi) is 9.18. The van der Waals surface area contributed by atoms with Crippen molar-refractivity contribution in [2.75, 3.05) is 6.61 Å². The maximum absolute atomic E-state index is 13.2. The molecule has 0 unspecified atom stereocenters. The van der Waals surface area contributed by atoms with Gasteiger partial charge in [-0.05, 0) is 116 Å². The highest BCUT2D eigenvalue weighted by Crippen LogP contribution is 2.67. The van der Waals surface area contributed by atoms with E-state index >= 15 is 0 Å². The highest BCUT2D eigenvalue weighted by Gasteiger charge is 2.73. The topological polar surface area (TPSA) is 77.7 Å². The summed E-state index contributed by atoms with van der Waals surface area (Å²) in [5, 5.41) is 0. The summed E-state index contributed by atoms with van der Waals surface area (Å²) in [5.74, 6) is 0.652. The molecule has 44 heavy (non-hydrogen) atoms. The van der Waals surface area contributed by atoms with E-state index in [9.17, 15) is 9.59 Å². The van der Waals surface area contributed by atoms with Crippen LogP contribution in [0.15, 0.2) is 64.2 Å². The first-order valence-corrected chi connectivity index (χ1v) is 16.9. The summed E-state index contributed by atoms with van der Waals surface area (Å²) in [4.78, 5) is 25.7. The Labute approximate surface area is 271 Å². The Hall–Kier alpha value is -2.22. The van der Waals surface area contributed by atoms with Gasteiger partial charge in [0.2, 0.25) is 0 Å². The number of carbonyl (C=O) groups excluding carboxylic acids is 2. The second-order valence-corrected chi connectivity index (χ2v) is 15.9. The summed E-state index contributed by atoms with van der Waals surface area (Å²) in [6, 6.07) is 7.12. The molecule has 2 saturated heterocycles. The molecule has 4 fully saturated rings. The number of carbonyl (C=O) groups is 2. The molecule has 10 atom stereocenters. The van der Waals surface area contributed by atoms with Gasteiger partial charge >= 0.3 is 11.9 Å². The minimum absolute atomic E-state index is 0.0137. The van der Waals surface area contributed by atoms with E-state index < -0.39 is 17.5 Å². The minimum atomic E-state index is -0.612. The smallest absolute Gasteiger partial charge is 0.338 e. The Balaban J connectivity index is 1.39. The summed E-state index contributed by atoms with van der Waals surface area (Å²) < 4.78 is 25.3. The van der Waals surface area contributed by atoms with Crippen molar-refractivity contribution in [1.82, 2.24) is 0 Å². The average Bonchev–Trinajstić information content (AvgIpc) is 3.85. The average molecular weight is 670 g/mol. The van der Waals surface area contributed by atoms with Gasteiger partial charge in [0.15, 0.2) is 0 Å². The Morgan fingerprint density at radius 3 is 2.43 bits per heavy atom. The number of hydrogen-bond acceptors (Lipinski definition) is 6. The Morgan fingerprint density at radius 2 is 1.80 bits per heavy atom. The van der Waals surface area contributed by atoms with Gasteiger partial charge in [-0.3, -0.25) is 4.79 Å². The lowest BCUT2D eigenvalue weighted by atomic mass is 9.55. The fourth-order valence-corrected chi connectivity index (χ4v) is 8.04. The number of rotatable bonds is 9. The van der Waals surface area contributed by atoms with Crippen LogP contribution < -0.4 is 0 Å². The van der Waals surface area contributed by atoms with Crippen LogP contribution in [-0.4, -0.2) is 48.1 Å². The number of allylic oxidation sites excluding steroid dienone is 4. The molecular formula is C37H49BrO6. The van der Waals surface area contributed by atoms with Crippen LogP contribution in [0.4, 0.5) is 0 Å². The van der Waals surface area contributed by atoms with E-state index in [4.69, 9.17) is 18.9 Å². The van der Waals surface area contributed by atoms with E-state index in [0.717, 1.165) is 22.9 Å². The van der Waals surface area contributed by atoms with Crippen molar-refractivity contribution in [3.8, 4) is 0 Å². The fourth-order valence-electron chi connectivity index (χ4n) is 7.77. The lowest BCUT2D eigenvalue weighted by Crippen LogP contribution is -2.49. The zero-order chi connectivity index (χ0) is 32.2. The van der Waals surface area contributed by atoms with Crippen LogP contribution >= 0.6 is 15.9 Å². The molecule has 2 aliphatic carbocycles. The normalized spacial score (nSPS) is 36.0. The largest absolute Gasteiger partial charge is 0.465 e. The van der Waals surface area contributed by atoms with Crippen molar-refractivity contribution in [3.63, 3.8) is 0 Å². The number of fused-ring (bicyclic) bond motifs is 4. The number of benzene rings is 1. The predicted molar refractivity (Wildman–Crippen MR) is 175 cm³/mol. The summed E-state index contributed by atoms with van der Waals surface area (Å²) in [6.45, 7) is 18.5. The fraction of sp³-hybridized carbons (Fsp3) is 0.622. The van der Waals surface area contributed by atoms with E-state index in [1.807, 2.05) is 46.8 Å². The third kappa shape index (κ3) is 6.52. The van der Waals surface area contributed by atoms with Gasteiger partial charge in [-0.1, -0.05) is 52.7 Å². The molecule has 2 aliphatic heterocycles. The van der Waals surface area contributed by atoms with Gasteiger partial charge in [0.1, 0.15) is 6.10 Å². The minimum Gasteiger partial charge on any atom is -0.465 e. The van der Waals surface area contributed by atoms with Crippen molar-refractivity contribution >= 4 is 27.9 Å².